The highest BCUT2D eigenvalue weighted by molar-refractivity contribution is 5.99. The smallest absolute Gasteiger partial charge is 0.351 e. The van der Waals surface area contributed by atoms with E-state index >= 15 is 0 Å². The highest BCUT2D eigenvalue weighted by atomic mass is 16.6. The molecule has 0 aromatic heterocycles. The van der Waals surface area contributed by atoms with Gasteiger partial charge in [0.25, 0.3) is 5.91 Å². The summed E-state index contributed by atoms with van der Waals surface area (Å²) in [5.74, 6) is 0.239. The van der Waals surface area contributed by atoms with Crippen molar-refractivity contribution in [1.82, 2.24) is 0 Å². The van der Waals surface area contributed by atoms with Gasteiger partial charge in [-0.15, -0.1) is 0 Å². The molecule has 2 aliphatic heterocycles. The fourth-order valence-corrected chi connectivity index (χ4v) is 3.53. The average Bonchev–Trinajstić information content (AvgIpc) is 3.02. The lowest BCUT2D eigenvalue weighted by Crippen LogP contribution is -2.46. The van der Waals surface area contributed by atoms with E-state index in [0.717, 1.165) is 17.7 Å². The van der Waals surface area contributed by atoms with Crippen LogP contribution in [0.25, 0.3) is 0 Å². The van der Waals surface area contributed by atoms with Gasteiger partial charge in [0.15, 0.2) is 17.6 Å². The van der Waals surface area contributed by atoms with Crippen LogP contribution in [-0.2, 0) is 20.7 Å². The number of carbonyl (C=O) groups excluding carboxylic acids is 2. The number of fused-ring (bicyclic) bond motifs is 2. The number of anilines is 1. The van der Waals surface area contributed by atoms with Crippen molar-refractivity contribution < 1.29 is 23.8 Å². The molecule has 140 valence electrons. The minimum Gasteiger partial charge on any atom is -0.485 e. The van der Waals surface area contributed by atoms with Crippen LogP contribution in [-0.4, -0.2) is 36.7 Å². The zero-order valence-corrected chi connectivity index (χ0v) is 15.3. The van der Waals surface area contributed by atoms with Gasteiger partial charge < -0.3 is 19.1 Å². The van der Waals surface area contributed by atoms with Gasteiger partial charge in [-0.3, -0.25) is 4.79 Å². The van der Waals surface area contributed by atoms with E-state index in [9.17, 15) is 9.59 Å². The summed E-state index contributed by atoms with van der Waals surface area (Å²) in [6.07, 6.45) is -1.01. The highest BCUT2D eigenvalue weighted by Crippen LogP contribution is 2.33. The summed E-state index contributed by atoms with van der Waals surface area (Å²) in [6.45, 7) is 3.63. The van der Waals surface area contributed by atoms with Crippen molar-refractivity contribution in [2.75, 3.05) is 11.5 Å². The Bertz CT molecular complexity index is 880. The molecule has 0 unspecified atom stereocenters. The molecule has 2 aromatic rings. The molecule has 0 spiro atoms. The summed E-state index contributed by atoms with van der Waals surface area (Å²) >= 11 is 0. The number of hydrogen-bond donors (Lipinski definition) is 0. The van der Waals surface area contributed by atoms with Crippen LogP contribution in [0, 0.1) is 0 Å². The van der Waals surface area contributed by atoms with Gasteiger partial charge in [0.2, 0.25) is 6.10 Å². The van der Waals surface area contributed by atoms with E-state index in [2.05, 4.69) is 0 Å². The molecule has 4 rings (SSSR count). The first-order valence-corrected chi connectivity index (χ1v) is 9.04. The fraction of sp³-hybridized carbons (Fsp3) is 0.333. The van der Waals surface area contributed by atoms with Crippen LogP contribution < -0.4 is 14.4 Å². The van der Waals surface area contributed by atoms with E-state index in [1.165, 1.54) is 0 Å². The Morgan fingerprint density at radius 1 is 1.11 bits per heavy atom. The largest absolute Gasteiger partial charge is 0.485 e. The Morgan fingerprint density at radius 2 is 1.81 bits per heavy atom. The molecule has 2 aromatic carbocycles. The molecule has 1 amide bonds. The van der Waals surface area contributed by atoms with Crippen molar-refractivity contribution in [2.24, 2.45) is 0 Å². The molecule has 0 N–H and O–H groups in total. The number of amides is 1. The number of benzene rings is 2. The van der Waals surface area contributed by atoms with Gasteiger partial charge in [-0.25, -0.2) is 4.79 Å². The first-order valence-electron chi connectivity index (χ1n) is 9.04. The van der Waals surface area contributed by atoms with Crippen molar-refractivity contribution in [3.05, 3.63) is 54.1 Å². The molecule has 0 aliphatic carbocycles. The van der Waals surface area contributed by atoms with Gasteiger partial charge in [-0.1, -0.05) is 30.3 Å². The zero-order valence-electron chi connectivity index (χ0n) is 15.3. The maximum atomic E-state index is 12.9. The third-order valence-corrected chi connectivity index (χ3v) is 4.86. The molecule has 2 aliphatic rings. The second-order valence-corrected chi connectivity index (χ2v) is 6.83. The van der Waals surface area contributed by atoms with Gasteiger partial charge in [0.1, 0.15) is 6.61 Å². The van der Waals surface area contributed by atoms with Crippen molar-refractivity contribution in [3.63, 3.8) is 0 Å². The van der Waals surface area contributed by atoms with Crippen LogP contribution in [0.15, 0.2) is 48.5 Å². The molecule has 0 saturated carbocycles. The number of hydrogen-bond acceptors (Lipinski definition) is 5. The molecule has 2 heterocycles. The first-order chi connectivity index (χ1) is 13.0. The maximum Gasteiger partial charge on any atom is 0.351 e. The third kappa shape index (κ3) is 3.23. The summed E-state index contributed by atoms with van der Waals surface area (Å²) in [5, 5.41) is 0. The van der Waals surface area contributed by atoms with Crippen LogP contribution in [0.4, 0.5) is 5.69 Å². The number of para-hydroxylation sites is 3. The Morgan fingerprint density at radius 3 is 2.63 bits per heavy atom. The zero-order chi connectivity index (χ0) is 19.0. The van der Waals surface area contributed by atoms with Crippen LogP contribution in [0.2, 0.25) is 0 Å². The number of rotatable bonds is 3. The van der Waals surface area contributed by atoms with Crippen LogP contribution in [0.3, 0.4) is 0 Å². The summed E-state index contributed by atoms with van der Waals surface area (Å²) in [5.41, 5.74) is 2.00. The van der Waals surface area contributed by atoms with Crippen LogP contribution in [0.1, 0.15) is 19.4 Å². The van der Waals surface area contributed by atoms with Crippen molar-refractivity contribution >= 4 is 17.6 Å². The Labute approximate surface area is 157 Å². The maximum absolute atomic E-state index is 12.9. The van der Waals surface area contributed by atoms with Crippen LogP contribution in [0.5, 0.6) is 11.5 Å². The summed E-state index contributed by atoms with van der Waals surface area (Å²) < 4.78 is 16.6. The first kappa shape index (κ1) is 17.4. The number of nitrogens with zero attached hydrogens (tertiary/aromatic N) is 1. The Balaban J connectivity index is 1.43. The van der Waals surface area contributed by atoms with Gasteiger partial charge in [-0.2, -0.15) is 0 Å². The minimum absolute atomic E-state index is 0.0252. The van der Waals surface area contributed by atoms with E-state index in [1.54, 1.807) is 30.0 Å². The molecule has 6 heteroatoms. The van der Waals surface area contributed by atoms with E-state index in [-0.39, 0.29) is 18.6 Å². The number of ether oxygens (including phenoxy) is 3. The van der Waals surface area contributed by atoms with Crippen molar-refractivity contribution in [2.45, 2.75) is 38.5 Å². The predicted molar refractivity (Wildman–Crippen MR) is 99.0 cm³/mol. The predicted octanol–water partition coefficient (Wildman–Crippen LogP) is 2.74. The van der Waals surface area contributed by atoms with Crippen LogP contribution >= 0.6 is 0 Å². The lowest BCUT2D eigenvalue weighted by Gasteiger charge is -2.28. The summed E-state index contributed by atoms with van der Waals surface area (Å²) in [7, 11) is 0. The standard InChI is InChI=1S/C21H21NO5/c1-13-11-15-7-3-4-8-16(15)22(13)20(23)14(2)26-21(24)19-12-25-17-9-5-6-10-18(17)27-19/h3-10,13-14,19H,11-12H2,1-2H3/t13-,14-,19-/m0/s1. The topological polar surface area (TPSA) is 65.1 Å². The van der Waals surface area contributed by atoms with Gasteiger partial charge in [-0.05, 0) is 44.0 Å². The number of carbonyl (C=O) groups is 2. The van der Waals surface area contributed by atoms with Gasteiger partial charge >= 0.3 is 5.97 Å². The molecule has 0 bridgehead atoms. The molecule has 0 radical (unpaired) electrons. The lowest BCUT2D eigenvalue weighted by atomic mass is 10.1. The summed E-state index contributed by atoms with van der Waals surface area (Å²) in [4.78, 5) is 27.1. The second-order valence-electron chi connectivity index (χ2n) is 6.83. The molecule has 27 heavy (non-hydrogen) atoms. The van der Waals surface area contributed by atoms with Gasteiger partial charge in [0.05, 0.1) is 0 Å². The van der Waals surface area contributed by atoms with Crippen molar-refractivity contribution in [1.29, 1.82) is 0 Å². The molecule has 0 fully saturated rings. The van der Waals surface area contributed by atoms with E-state index in [0.29, 0.717) is 11.5 Å². The molecular formula is C21H21NO5. The lowest BCUT2D eigenvalue weighted by molar-refractivity contribution is -0.163. The Kier molecular flexibility index (Phi) is 4.48. The molecule has 0 saturated heterocycles. The SMILES string of the molecule is C[C@H](OC(=O)[C@@H]1COc2ccccc2O1)C(=O)N1c2ccccc2C[C@@H]1C. The monoisotopic (exact) mass is 367 g/mol. The molecule has 6 nitrogen and oxygen atoms in total. The second kappa shape index (κ2) is 6.95. The fourth-order valence-electron chi connectivity index (χ4n) is 3.53. The van der Waals surface area contributed by atoms with E-state index < -0.39 is 18.2 Å². The number of esters is 1. The van der Waals surface area contributed by atoms with Gasteiger partial charge in [0, 0.05) is 11.7 Å². The summed E-state index contributed by atoms with van der Waals surface area (Å²) in [6, 6.07) is 14.9. The van der Waals surface area contributed by atoms with Crippen molar-refractivity contribution in [3.8, 4) is 11.5 Å². The minimum atomic E-state index is -0.910. The quantitative estimate of drug-likeness (QED) is 0.781. The van der Waals surface area contributed by atoms with E-state index in [1.807, 2.05) is 37.3 Å². The average molecular weight is 367 g/mol. The third-order valence-electron chi connectivity index (χ3n) is 4.86. The van der Waals surface area contributed by atoms with E-state index in [4.69, 9.17) is 14.2 Å². The molecular weight excluding hydrogens is 346 g/mol. The molecule has 3 atom stereocenters. The normalized spacial score (nSPS) is 21.3. The Hall–Kier alpha value is -3.02. The highest BCUT2D eigenvalue weighted by Gasteiger charge is 2.36.